The molecule has 0 unspecified atom stereocenters. The minimum atomic E-state index is -4.80. The number of anilines is 1. The van der Waals surface area contributed by atoms with Crippen LogP contribution in [0.25, 0.3) is 6.08 Å². The number of nitro groups is 1. The molecule has 1 N–H and O–H groups in total. The Hall–Kier alpha value is -4.27. The van der Waals surface area contributed by atoms with Crippen molar-refractivity contribution < 1.29 is 32.4 Å². The van der Waals surface area contributed by atoms with Gasteiger partial charge in [-0.2, -0.15) is 18.4 Å². The number of benzene rings is 3. The predicted octanol–water partition coefficient (Wildman–Crippen LogP) is 7.27. The van der Waals surface area contributed by atoms with E-state index in [1.165, 1.54) is 25.3 Å². The zero-order valence-corrected chi connectivity index (χ0v) is 20.1. The Bertz CT molecular complexity index is 1440. The monoisotopic (exact) mass is 551 g/mol. The third kappa shape index (κ3) is 6.69. The number of amides is 1. The summed E-state index contributed by atoms with van der Waals surface area (Å²) in [5.41, 5.74) is -1.83. The Morgan fingerprint density at radius 3 is 2.35 bits per heavy atom. The summed E-state index contributed by atoms with van der Waals surface area (Å²) in [5.74, 6) is -1.53. The van der Waals surface area contributed by atoms with Crippen molar-refractivity contribution in [2.75, 3.05) is 12.4 Å². The molecule has 0 heterocycles. The van der Waals surface area contributed by atoms with Gasteiger partial charge in [0.2, 0.25) is 5.75 Å². The number of hydrogen-bond acceptors (Lipinski definition) is 6. The van der Waals surface area contributed by atoms with Crippen molar-refractivity contribution in [3.8, 4) is 23.3 Å². The molecule has 8 nitrogen and oxygen atoms in total. The van der Waals surface area contributed by atoms with Crippen LogP contribution < -0.4 is 14.8 Å². The SMILES string of the molecule is COc1cc(/C=C(\C#N)C(=O)Nc2ccc(Cl)cc2)cc(Cl)c1Oc1ccc(C(F)(F)F)cc1[N+](=O)[O-]. The molecule has 13 heteroatoms. The molecular formula is C24H14Cl2F3N3O5. The van der Waals surface area contributed by atoms with E-state index in [1.54, 1.807) is 30.3 Å². The molecule has 0 aromatic heterocycles. The highest BCUT2D eigenvalue weighted by Gasteiger charge is 2.33. The molecule has 0 bridgehead atoms. The molecule has 0 aliphatic heterocycles. The zero-order valence-electron chi connectivity index (χ0n) is 18.6. The first-order valence-electron chi connectivity index (χ1n) is 10.0. The second-order valence-corrected chi connectivity index (χ2v) is 8.05. The molecule has 0 saturated carbocycles. The highest BCUT2D eigenvalue weighted by molar-refractivity contribution is 6.32. The summed E-state index contributed by atoms with van der Waals surface area (Å²) in [7, 11) is 1.23. The number of carbonyl (C=O) groups excluding carboxylic acids is 1. The van der Waals surface area contributed by atoms with E-state index in [0.29, 0.717) is 22.8 Å². The summed E-state index contributed by atoms with van der Waals surface area (Å²) in [6.45, 7) is 0. The second-order valence-electron chi connectivity index (χ2n) is 7.20. The third-order valence-corrected chi connectivity index (χ3v) is 5.26. The Kier molecular flexibility index (Phi) is 8.27. The standard InChI is InChI=1S/C24H14Cl2F3N3O5/c1-36-21-10-13(8-14(12-30)23(33)31-17-5-3-16(25)4-6-17)9-18(26)22(21)37-20-7-2-15(24(27,28)29)11-19(20)32(34)35/h2-11H,1H3,(H,31,33)/b14-8+. The quantitative estimate of drug-likeness (QED) is 0.143. The van der Waals surface area contributed by atoms with Crippen molar-refractivity contribution in [3.63, 3.8) is 0 Å². The lowest BCUT2D eigenvalue weighted by Gasteiger charge is -2.14. The molecule has 0 radical (unpaired) electrons. The highest BCUT2D eigenvalue weighted by atomic mass is 35.5. The summed E-state index contributed by atoms with van der Waals surface area (Å²) in [6.07, 6.45) is -3.59. The topological polar surface area (TPSA) is 114 Å². The number of carbonyl (C=O) groups is 1. The first-order valence-corrected chi connectivity index (χ1v) is 10.8. The molecule has 190 valence electrons. The van der Waals surface area contributed by atoms with Crippen molar-refractivity contribution in [2.45, 2.75) is 6.18 Å². The number of methoxy groups -OCH3 is 1. The van der Waals surface area contributed by atoms with E-state index in [9.17, 15) is 33.3 Å². The Labute approximate surface area is 217 Å². The number of nitro benzene ring substituents is 1. The molecule has 3 rings (SSSR count). The molecule has 0 fully saturated rings. The number of nitrogens with one attached hydrogen (secondary N) is 1. The normalized spacial score (nSPS) is 11.4. The maximum absolute atomic E-state index is 13.0. The molecule has 37 heavy (non-hydrogen) atoms. The number of hydrogen-bond donors (Lipinski definition) is 1. The van der Waals surface area contributed by atoms with Gasteiger partial charge < -0.3 is 14.8 Å². The maximum Gasteiger partial charge on any atom is 0.416 e. The second kappa shape index (κ2) is 11.2. The first kappa shape index (κ1) is 27.3. The van der Waals surface area contributed by atoms with E-state index in [1.807, 2.05) is 0 Å². The summed E-state index contributed by atoms with van der Waals surface area (Å²) in [6, 6.07) is 12.3. The van der Waals surface area contributed by atoms with Crippen molar-refractivity contribution in [2.24, 2.45) is 0 Å². The molecule has 0 saturated heterocycles. The minimum absolute atomic E-state index is 0.0663. The van der Waals surface area contributed by atoms with E-state index in [2.05, 4.69) is 5.32 Å². The number of alkyl halides is 3. The molecule has 3 aromatic carbocycles. The summed E-state index contributed by atoms with van der Waals surface area (Å²) >= 11 is 12.1. The van der Waals surface area contributed by atoms with Crippen LogP contribution in [0.5, 0.6) is 17.2 Å². The van der Waals surface area contributed by atoms with Crippen molar-refractivity contribution in [1.82, 2.24) is 0 Å². The van der Waals surface area contributed by atoms with E-state index >= 15 is 0 Å². The molecule has 3 aromatic rings. The molecular weight excluding hydrogens is 538 g/mol. The molecule has 1 amide bonds. The van der Waals surface area contributed by atoms with E-state index in [-0.39, 0.29) is 27.7 Å². The van der Waals surface area contributed by atoms with Gasteiger partial charge in [-0.25, -0.2) is 0 Å². The number of halogens is 5. The average molecular weight is 552 g/mol. The van der Waals surface area contributed by atoms with Crippen molar-refractivity contribution in [3.05, 3.63) is 91.5 Å². The lowest BCUT2D eigenvalue weighted by Crippen LogP contribution is -2.13. The van der Waals surface area contributed by atoms with Gasteiger partial charge in [0, 0.05) is 16.8 Å². The molecule has 0 aliphatic carbocycles. The largest absolute Gasteiger partial charge is 0.493 e. The van der Waals surface area contributed by atoms with Gasteiger partial charge in [-0.1, -0.05) is 23.2 Å². The van der Waals surface area contributed by atoms with Gasteiger partial charge in [-0.3, -0.25) is 14.9 Å². The molecule has 0 aliphatic rings. The smallest absolute Gasteiger partial charge is 0.416 e. The van der Waals surface area contributed by atoms with Gasteiger partial charge in [0.15, 0.2) is 11.5 Å². The van der Waals surface area contributed by atoms with Crippen molar-refractivity contribution in [1.29, 1.82) is 5.26 Å². The summed E-state index contributed by atoms with van der Waals surface area (Å²) in [5, 5.41) is 23.7. The molecule has 0 spiro atoms. The van der Waals surface area contributed by atoms with Crippen LogP contribution in [0.3, 0.4) is 0 Å². The fourth-order valence-electron chi connectivity index (χ4n) is 3.00. The number of ether oxygens (including phenoxy) is 2. The van der Waals surface area contributed by atoms with Crippen LogP contribution in [0, 0.1) is 21.4 Å². The van der Waals surface area contributed by atoms with Gasteiger partial charge in [-0.15, -0.1) is 0 Å². The number of rotatable bonds is 7. The van der Waals surface area contributed by atoms with Crippen LogP contribution in [0.15, 0.2) is 60.2 Å². The van der Waals surface area contributed by atoms with Crippen LogP contribution in [-0.4, -0.2) is 17.9 Å². The first-order chi connectivity index (χ1) is 17.4. The van der Waals surface area contributed by atoms with E-state index in [4.69, 9.17) is 32.7 Å². The van der Waals surface area contributed by atoms with Crippen LogP contribution in [-0.2, 0) is 11.0 Å². The van der Waals surface area contributed by atoms with E-state index < -0.39 is 34.0 Å². The van der Waals surface area contributed by atoms with Gasteiger partial charge >= 0.3 is 11.9 Å². The third-order valence-electron chi connectivity index (χ3n) is 4.72. The lowest BCUT2D eigenvalue weighted by molar-refractivity contribution is -0.385. The zero-order chi connectivity index (χ0) is 27.3. The van der Waals surface area contributed by atoms with Gasteiger partial charge in [0.25, 0.3) is 5.91 Å². The maximum atomic E-state index is 13.0. The fourth-order valence-corrected chi connectivity index (χ4v) is 3.39. The Morgan fingerprint density at radius 2 is 1.78 bits per heavy atom. The lowest BCUT2D eigenvalue weighted by atomic mass is 10.1. The van der Waals surface area contributed by atoms with Crippen LogP contribution in [0.1, 0.15) is 11.1 Å². The van der Waals surface area contributed by atoms with Crippen LogP contribution in [0.4, 0.5) is 24.5 Å². The van der Waals surface area contributed by atoms with Crippen LogP contribution in [0.2, 0.25) is 10.0 Å². The summed E-state index contributed by atoms with van der Waals surface area (Å²) in [4.78, 5) is 22.8. The van der Waals surface area contributed by atoms with Crippen molar-refractivity contribution >= 4 is 46.6 Å². The number of nitrogens with zero attached hydrogens (tertiary/aromatic N) is 2. The Morgan fingerprint density at radius 1 is 1.11 bits per heavy atom. The predicted molar refractivity (Wildman–Crippen MR) is 130 cm³/mol. The van der Waals surface area contributed by atoms with Gasteiger partial charge in [0.1, 0.15) is 11.6 Å². The number of nitriles is 1. The minimum Gasteiger partial charge on any atom is -0.493 e. The van der Waals surface area contributed by atoms with Crippen LogP contribution >= 0.6 is 23.2 Å². The summed E-state index contributed by atoms with van der Waals surface area (Å²) < 4.78 is 49.6. The highest BCUT2D eigenvalue weighted by Crippen LogP contribution is 2.43. The van der Waals surface area contributed by atoms with E-state index in [0.717, 1.165) is 6.07 Å². The average Bonchev–Trinajstić information content (AvgIpc) is 2.84. The van der Waals surface area contributed by atoms with Gasteiger partial charge in [-0.05, 0) is 60.2 Å². The Balaban J connectivity index is 1.94. The van der Waals surface area contributed by atoms with Gasteiger partial charge in [0.05, 0.1) is 22.6 Å². The molecule has 0 atom stereocenters. The fraction of sp³-hybridized carbons (Fsp3) is 0.0833.